The summed E-state index contributed by atoms with van der Waals surface area (Å²) in [4.78, 5) is 3.01. The Bertz CT molecular complexity index is 664. The maximum Gasteiger partial charge on any atom is 0.178 e. The predicted octanol–water partition coefficient (Wildman–Crippen LogP) is 3.02. The Kier molecular flexibility index (Phi) is 3.70. The first-order chi connectivity index (χ1) is 9.15. The van der Waals surface area contributed by atoms with Crippen LogP contribution in [0.15, 0.2) is 16.6 Å². The largest absolute Gasteiger partial charge is 0.376 e. The Morgan fingerprint density at radius 1 is 1.47 bits per heavy atom. The summed E-state index contributed by atoms with van der Waals surface area (Å²) in [5.41, 5.74) is 1.54. The standard InChI is InChI=1S/C12H12BrFN2O2S/c13-8-3-11-10(4-9(8)14)15-12(19)16(11)5-7-6-17-1-2-18-7/h3-4,7H,1-2,5-6H2,(H,15,19). The fourth-order valence-electron chi connectivity index (χ4n) is 2.18. The molecule has 1 atom stereocenters. The van der Waals surface area contributed by atoms with Crippen molar-refractivity contribution in [2.45, 2.75) is 12.6 Å². The molecule has 1 saturated heterocycles. The van der Waals surface area contributed by atoms with Crippen molar-refractivity contribution in [3.8, 4) is 0 Å². The van der Waals surface area contributed by atoms with Gasteiger partial charge in [0, 0.05) is 6.07 Å². The normalized spacial score (nSPS) is 20.0. The zero-order valence-electron chi connectivity index (χ0n) is 9.99. The zero-order chi connectivity index (χ0) is 13.4. The highest BCUT2D eigenvalue weighted by Gasteiger charge is 2.17. The second kappa shape index (κ2) is 5.32. The van der Waals surface area contributed by atoms with Gasteiger partial charge in [0.15, 0.2) is 4.77 Å². The van der Waals surface area contributed by atoms with Gasteiger partial charge in [-0.3, -0.25) is 0 Å². The van der Waals surface area contributed by atoms with Crippen LogP contribution < -0.4 is 0 Å². The fraction of sp³-hybridized carbons (Fsp3) is 0.417. The van der Waals surface area contributed by atoms with E-state index in [1.807, 2.05) is 4.57 Å². The van der Waals surface area contributed by atoms with Crippen molar-refractivity contribution in [2.24, 2.45) is 0 Å². The van der Waals surface area contributed by atoms with Gasteiger partial charge in [0.25, 0.3) is 0 Å². The number of aromatic nitrogens is 2. The van der Waals surface area contributed by atoms with Crippen LogP contribution in [0, 0.1) is 10.6 Å². The number of hydrogen-bond acceptors (Lipinski definition) is 3. The van der Waals surface area contributed by atoms with Crippen molar-refractivity contribution in [2.75, 3.05) is 19.8 Å². The van der Waals surface area contributed by atoms with Crippen molar-refractivity contribution < 1.29 is 13.9 Å². The number of nitrogens with zero attached hydrogens (tertiary/aromatic N) is 1. The molecule has 102 valence electrons. The van der Waals surface area contributed by atoms with Gasteiger partial charge in [-0.1, -0.05) is 0 Å². The highest BCUT2D eigenvalue weighted by atomic mass is 79.9. The lowest BCUT2D eigenvalue weighted by Crippen LogP contribution is -2.32. The molecule has 0 saturated carbocycles. The molecule has 4 nitrogen and oxygen atoms in total. The third-order valence-electron chi connectivity index (χ3n) is 3.09. The second-order valence-electron chi connectivity index (χ2n) is 4.39. The molecule has 0 spiro atoms. The average Bonchev–Trinajstić information content (AvgIpc) is 2.68. The molecular weight excluding hydrogens is 335 g/mol. The molecule has 0 amide bonds. The van der Waals surface area contributed by atoms with E-state index in [1.54, 1.807) is 6.07 Å². The van der Waals surface area contributed by atoms with Crippen LogP contribution >= 0.6 is 28.1 Å². The minimum Gasteiger partial charge on any atom is -0.376 e. The highest BCUT2D eigenvalue weighted by molar-refractivity contribution is 9.10. The van der Waals surface area contributed by atoms with Crippen LogP contribution in [0.4, 0.5) is 4.39 Å². The number of ether oxygens (including phenoxy) is 2. The molecular formula is C12H12BrFN2O2S. The number of H-pyrrole nitrogens is 1. The zero-order valence-corrected chi connectivity index (χ0v) is 12.4. The van der Waals surface area contributed by atoms with E-state index in [2.05, 4.69) is 20.9 Å². The number of halogens is 2. The molecule has 1 aliphatic rings. The van der Waals surface area contributed by atoms with Gasteiger partial charge in [-0.2, -0.15) is 0 Å². The van der Waals surface area contributed by atoms with Gasteiger partial charge in [0.1, 0.15) is 5.82 Å². The number of rotatable bonds is 2. The summed E-state index contributed by atoms with van der Waals surface area (Å²) >= 11 is 8.47. The summed E-state index contributed by atoms with van der Waals surface area (Å²) in [7, 11) is 0. The third kappa shape index (κ3) is 2.60. The van der Waals surface area contributed by atoms with Gasteiger partial charge in [-0.25, -0.2) is 4.39 Å². The first-order valence-electron chi connectivity index (χ1n) is 5.92. The maximum atomic E-state index is 13.5. The average molecular weight is 347 g/mol. The summed E-state index contributed by atoms with van der Waals surface area (Å²) in [5.74, 6) is -0.312. The molecule has 1 N–H and O–H groups in total. The van der Waals surface area contributed by atoms with Gasteiger partial charge in [0.2, 0.25) is 0 Å². The third-order valence-corrected chi connectivity index (χ3v) is 4.02. The molecule has 7 heteroatoms. The molecule has 2 aromatic rings. The van der Waals surface area contributed by atoms with E-state index < -0.39 is 0 Å². The molecule has 1 aromatic heterocycles. The number of aromatic amines is 1. The molecule has 3 rings (SSSR count). The quantitative estimate of drug-likeness (QED) is 0.849. The number of hydrogen-bond donors (Lipinski definition) is 1. The molecule has 2 heterocycles. The maximum absolute atomic E-state index is 13.5. The number of benzene rings is 1. The Morgan fingerprint density at radius 3 is 3.05 bits per heavy atom. The van der Waals surface area contributed by atoms with Crippen molar-refractivity contribution in [3.05, 3.63) is 27.2 Å². The molecule has 1 aliphatic heterocycles. The van der Waals surface area contributed by atoms with Gasteiger partial charge in [-0.15, -0.1) is 0 Å². The van der Waals surface area contributed by atoms with Crippen LogP contribution in [0.2, 0.25) is 0 Å². The molecule has 1 aromatic carbocycles. The fourth-order valence-corrected chi connectivity index (χ4v) is 2.79. The van der Waals surface area contributed by atoms with Crippen molar-refractivity contribution in [1.82, 2.24) is 9.55 Å². The summed E-state index contributed by atoms with van der Waals surface area (Å²) < 4.78 is 27.4. The predicted molar refractivity (Wildman–Crippen MR) is 75.3 cm³/mol. The smallest absolute Gasteiger partial charge is 0.178 e. The van der Waals surface area contributed by atoms with E-state index in [1.165, 1.54) is 6.07 Å². The van der Waals surface area contributed by atoms with Crippen molar-refractivity contribution >= 4 is 39.2 Å². The Hall–Kier alpha value is -0.760. The number of fused-ring (bicyclic) bond motifs is 1. The van der Waals surface area contributed by atoms with Gasteiger partial charge >= 0.3 is 0 Å². The van der Waals surface area contributed by atoms with Crippen molar-refractivity contribution in [1.29, 1.82) is 0 Å². The summed E-state index contributed by atoms with van der Waals surface area (Å²) in [6.07, 6.45) is -0.0247. The monoisotopic (exact) mass is 346 g/mol. The lowest BCUT2D eigenvalue weighted by Gasteiger charge is -2.23. The lowest BCUT2D eigenvalue weighted by molar-refractivity contribution is -0.0933. The first-order valence-corrected chi connectivity index (χ1v) is 7.12. The van der Waals surface area contributed by atoms with Crippen LogP contribution in [-0.2, 0) is 16.0 Å². The Labute approximate surface area is 122 Å². The second-order valence-corrected chi connectivity index (χ2v) is 5.63. The molecule has 0 bridgehead atoms. The Morgan fingerprint density at radius 2 is 2.32 bits per heavy atom. The molecule has 19 heavy (non-hydrogen) atoms. The first kappa shape index (κ1) is 13.2. The van der Waals surface area contributed by atoms with E-state index in [0.717, 1.165) is 5.52 Å². The van der Waals surface area contributed by atoms with Crippen LogP contribution in [0.25, 0.3) is 11.0 Å². The van der Waals surface area contributed by atoms with E-state index in [9.17, 15) is 4.39 Å². The van der Waals surface area contributed by atoms with Crippen LogP contribution in [0.5, 0.6) is 0 Å². The van der Waals surface area contributed by atoms with E-state index in [4.69, 9.17) is 21.7 Å². The van der Waals surface area contributed by atoms with E-state index in [0.29, 0.717) is 41.1 Å². The van der Waals surface area contributed by atoms with Crippen molar-refractivity contribution in [3.63, 3.8) is 0 Å². The van der Waals surface area contributed by atoms with Gasteiger partial charge in [-0.05, 0) is 34.2 Å². The summed E-state index contributed by atoms with van der Waals surface area (Å²) in [6, 6.07) is 3.16. The molecule has 0 radical (unpaired) electrons. The minimum absolute atomic E-state index is 0.0247. The number of nitrogens with one attached hydrogen (secondary N) is 1. The number of imidazole rings is 1. The Balaban J connectivity index is 2.00. The topological polar surface area (TPSA) is 39.2 Å². The minimum atomic E-state index is -0.312. The van der Waals surface area contributed by atoms with E-state index >= 15 is 0 Å². The molecule has 0 aliphatic carbocycles. The molecule has 1 fully saturated rings. The van der Waals surface area contributed by atoms with E-state index in [-0.39, 0.29) is 11.9 Å². The van der Waals surface area contributed by atoms with Gasteiger partial charge < -0.3 is 19.0 Å². The molecule has 1 unspecified atom stereocenters. The van der Waals surface area contributed by atoms with Gasteiger partial charge in [0.05, 0.1) is 48.0 Å². The van der Waals surface area contributed by atoms with Crippen LogP contribution in [0.3, 0.4) is 0 Å². The summed E-state index contributed by atoms with van der Waals surface area (Å²) in [6.45, 7) is 2.37. The lowest BCUT2D eigenvalue weighted by atomic mass is 10.3. The van der Waals surface area contributed by atoms with Crippen LogP contribution in [0.1, 0.15) is 0 Å². The van der Waals surface area contributed by atoms with Crippen LogP contribution in [-0.4, -0.2) is 35.5 Å². The SMILES string of the molecule is Fc1cc2[nH]c(=S)n(CC3COCCO3)c2cc1Br. The highest BCUT2D eigenvalue weighted by Crippen LogP contribution is 2.23. The summed E-state index contributed by atoms with van der Waals surface area (Å²) in [5, 5.41) is 0.